The van der Waals surface area contributed by atoms with Gasteiger partial charge in [-0.15, -0.1) is 0 Å². The number of hydrogen-bond donors (Lipinski definition) is 0. The Balaban J connectivity index is 1.74. The molecule has 3 heteroatoms. The minimum Gasteiger partial charge on any atom is -0.497 e. The number of allylic oxidation sites excluding steroid dienone is 1. The maximum Gasteiger partial charge on any atom is 0.168 e. The highest BCUT2D eigenvalue weighted by Gasteiger charge is 2.35. The summed E-state index contributed by atoms with van der Waals surface area (Å²) in [7, 11) is 1.71. The van der Waals surface area contributed by atoms with Gasteiger partial charge in [-0.1, -0.05) is 0 Å². The summed E-state index contributed by atoms with van der Waals surface area (Å²) in [5.74, 6) is 0.919. The molecular formula is C20H29N2O+. The van der Waals surface area contributed by atoms with E-state index in [-0.39, 0.29) is 5.54 Å². The lowest BCUT2D eigenvalue weighted by Crippen LogP contribution is -2.43. The van der Waals surface area contributed by atoms with Crippen molar-refractivity contribution in [2.45, 2.75) is 51.6 Å². The highest BCUT2D eigenvalue weighted by Crippen LogP contribution is 2.28. The number of methoxy groups -OCH3 is 1. The quantitative estimate of drug-likeness (QED) is 0.785. The Bertz CT molecular complexity index is 593. The van der Waals surface area contributed by atoms with E-state index in [0.29, 0.717) is 0 Å². The summed E-state index contributed by atoms with van der Waals surface area (Å²) in [5, 5.41) is 0. The summed E-state index contributed by atoms with van der Waals surface area (Å²) in [6.45, 7) is 8.11. The topological polar surface area (TPSA) is 15.5 Å². The molecule has 0 radical (unpaired) electrons. The zero-order valence-corrected chi connectivity index (χ0v) is 14.7. The summed E-state index contributed by atoms with van der Waals surface area (Å²) in [5.41, 5.74) is 2.99. The molecule has 1 aromatic carbocycles. The van der Waals surface area contributed by atoms with Crippen molar-refractivity contribution in [1.29, 1.82) is 0 Å². The summed E-state index contributed by atoms with van der Waals surface area (Å²) >= 11 is 0. The van der Waals surface area contributed by atoms with Crippen LogP contribution in [0.4, 0.5) is 0 Å². The van der Waals surface area contributed by atoms with E-state index in [9.17, 15) is 0 Å². The molecule has 0 N–H and O–H groups in total. The van der Waals surface area contributed by atoms with Gasteiger partial charge in [0.2, 0.25) is 0 Å². The van der Waals surface area contributed by atoms with Crippen LogP contribution >= 0.6 is 0 Å². The first-order valence-electron chi connectivity index (χ1n) is 8.77. The van der Waals surface area contributed by atoms with Gasteiger partial charge < -0.3 is 9.64 Å². The monoisotopic (exact) mass is 313 g/mol. The molecule has 2 aliphatic heterocycles. The molecule has 0 unspecified atom stereocenters. The number of nitrogens with zero attached hydrogens (tertiary/aromatic N) is 2. The third-order valence-electron chi connectivity index (χ3n) is 5.11. The zero-order valence-electron chi connectivity index (χ0n) is 14.7. The van der Waals surface area contributed by atoms with Crippen LogP contribution in [0.2, 0.25) is 0 Å². The fourth-order valence-corrected chi connectivity index (χ4v) is 3.57. The van der Waals surface area contributed by atoms with Gasteiger partial charge >= 0.3 is 0 Å². The van der Waals surface area contributed by atoms with Crippen molar-refractivity contribution in [2.75, 3.05) is 20.2 Å². The molecule has 1 saturated heterocycles. The zero-order chi connectivity index (χ0) is 16.3. The highest BCUT2D eigenvalue weighted by molar-refractivity contribution is 5.68. The van der Waals surface area contributed by atoms with E-state index < -0.39 is 0 Å². The predicted molar refractivity (Wildman–Crippen MR) is 95.2 cm³/mol. The lowest BCUT2D eigenvalue weighted by atomic mass is 9.92. The molecule has 0 spiro atoms. The summed E-state index contributed by atoms with van der Waals surface area (Å²) < 4.78 is 7.71. The molecule has 0 aromatic heterocycles. The molecule has 124 valence electrons. The molecule has 0 aliphatic carbocycles. The van der Waals surface area contributed by atoms with E-state index in [2.05, 4.69) is 47.7 Å². The molecule has 0 saturated carbocycles. The molecule has 0 atom stereocenters. The predicted octanol–water partition coefficient (Wildman–Crippen LogP) is 3.83. The van der Waals surface area contributed by atoms with Gasteiger partial charge in [-0.05, 0) is 43.5 Å². The maximum atomic E-state index is 5.24. The second-order valence-corrected chi connectivity index (χ2v) is 7.32. The smallest absolute Gasteiger partial charge is 0.168 e. The van der Waals surface area contributed by atoms with Gasteiger partial charge in [0.15, 0.2) is 18.3 Å². The Labute approximate surface area is 140 Å². The van der Waals surface area contributed by atoms with E-state index in [4.69, 9.17) is 4.74 Å². The fraction of sp³-hybridized carbons (Fsp3) is 0.550. The average molecular weight is 313 g/mol. The van der Waals surface area contributed by atoms with E-state index in [1.54, 1.807) is 7.11 Å². The van der Waals surface area contributed by atoms with E-state index in [1.807, 2.05) is 12.1 Å². The summed E-state index contributed by atoms with van der Waals surface area (Å²) in [6, 6.07) is 8.40. The fourth-order valence-electron chi connectivity index (χ4n) is 3.57. The minimum absolute atomic E-state index is 0.154. The molecule has 23 heavy (non-hydrogen) atoms. The van der Waals surface area contributed by atoms with E-state index in [1.165, 1.54) is 43.6 Å². The van der Waals surface area contributed by atoms with Crippen molar-refractivity contribution >= 4 is 6.21 Å². The minimum atomic E-state index is 0.154. The molecule has 2 heterocycles. The third-order valence-corrected chi connectivity index (χ3v) is 5.11. The normalized spacial score (nSPS) is 20.7. The first kappa shape index (κ1) is 16.1. The number of rotatable bonds is 4. The summed E-state index contributed by atoms with van der Waals surface area (Å²) in [4.78, 5) is 2.59. The van der Waals surface area contributed by atoms with E-state index in [0.717, 1.165) is 18.7 Å². The van der Waals surface area contributed by atoms with Crippen molar-refractivity contribution in [3.8, 4) is 5.75 Å². The highest BCUT2D eigenvalue weighted by atomic mass is 16.5. The SMILES string of the molecule is COc1ccc(C[N+]2=CC=C(N3CCCCC3)CC2(C)C)cc1. The first-order chi connectivity index (χ1) is 11.1. The van der Waals surface area contributed by atoms with Gasteiger partial charge in [-0.25, -0.2) is 4.58 Å². The first-order valence-corrected chi connectivity index (χ1v) is 8.77. The largest absolute Gasteiger partial charge is 0.497 e. The molecule has 0 amide bonds. The molecule has 3 rings (SSSR count). The Hall–Kier alpha value is -1.77. The van der Waals surface area contributed by atoms with Crippen molar-refractivity contribution < 1.29 is 9.31 Å². The van der Waals surface area contributed by atoms with Gasteiger partial charge in [0.1, 0.15) is 5.75 Å². The van der Waals surface area contributed by atoms with Crippen LogP contribution < -0.4 is 4.74 Å². The Kier molecular flexibility index (Phi) is 4.74. The van der Waals surface area contributed by atoms with Crippen molar-refractivity contribution in [3.05, 3.63) is 41.6 Å². The second-order valence-electron chi connectivity index (χ2n) is 7.32. The van der Waals surface area contributed by atoms with Crippen LogP contribution in [-0.4, -0.2) is 41.4 Å². The standard InChI is InChI=1S/C20H29N2O/c1-20(2)15-18(21-12-5-4-6-13-21)11-14-22(20)16-17-7-9-19(23-3)10-8-17/h7-11,14H,4-6,12-13,15-16H2,1-3H3/q+1. The molecule has 3 nitrogen and oxygen atoms in total. The van der Waals surface area contributed by atoms with E-state index >= 15 is 0 Å². The Morgan fingerprint density at radius 2 is 1.78 bits per heavy atom. The Morgan fingerprint density at radius 3 is 2.39 bits per heavy atom. The van der Waals surface area contributed by atoms with Crippen LogP contribution in [0.25, 0.3) is 0 Å². The average Bonchev–Trinajstić information content (AvgIpc) is 2.58. The van der Waals surface area contributed by atoms with Crippen LogP contribution in [0.15, 0.2) is 36.0 Å². The number of benzene rings is 1. The second kappa shape index (κ2) is 6.77. The lowest BCUT2D eigenvalue weighted by molar-refractivity contribution is -0.612. The van der Waals surface area contributed by atoms with Crippen molar-refractivity contribution in [3.63, 3.8) is 0 Å². The molecule has 1 aromatic rings. The lowest BCUT2D eigenvalue weighted by Gasteiger charge is -2.36. The third kappa shape index (κ3) is 3.77. The molecule has 1 fully saturated rings. The molecule has 2 aliphatic rings. The van der Waals surface area contributed by atoms with Gasteiger partial charge in [-0.2, -0.15) is 0 Å². The van der Waals surface area contributed by atoms with Crippen LogP contribution in [-0.2, 0) is 6.54 Å². The molecular weight excluding hydrogens is 284 g/mol. The van der Waals surface area contributed by atoms with Gasteiger partial charge in [0.25, 0.3) is 0 Å². The van der Waals surface area contributed by atoms with Crippen molar-refractivity contribution in [2.24, 2.45) is 0 Å². The van der Waals surface area contributed by atoms with Crippen molar-refractivity contribution in [1.82, 2.24) is 4.90 Å². The van der Waals surface area contributed by atoms with Crippen LogP contribution in [0, 0.1) is 0 Å². The van der Waals surface area contributed by atoms with Crippen LogP contribution in [0.1, 0.15) is 45.1 Å². The van der Waals surface area contributed by atoms with Gasteiger partial charge in [0.05, 0.1) is 13.5 Å². The maximum absolute atomic E-state index is 5.24. The number of likely N-dealkylation sites (tertiary alicyclic amines) is 1. The number of ether oxygens (including phenoxy) is 1. The van der Waals surface area contributed by atoms with Crippen LogP contribution in [0.5, 0.6) is 5.75 Å². The van der Waals surface area contributed by atoms with Gasteiger partial charge in [-0.3, -0.25) is 0 Å². The number of piperidine rings is 1. The van der Waals surface area contributed by atoms with Gasteiger partial charge in [0, 0.05) is 44.3 Å². The summed E-state index contributed by atoms with van der Waals surface area (Å²) in [6.07, 6.45) is 9.82. The van der Waals surface area contributed by atoms with Crippen LogP contribution in [0.3, 0.4) is 0 Å². The number of hydrogen-bond acceptors (Lipinski definition) is 2. The Morgan fingerprint density at radius 1 is 1.09 bits per heavy atom. The molecule has 0 bridgehead atoms.